The summed E-state index contributed by atoms with van der Waals surface area (Å²) in [4.78, 5) is 8.72. The summed E-state index contributed by atoms with van der Waals surface area (Å²) < 4.78 is 1.84. The lowest BCUT2D eigenvalue weighted by molar-refractivity contribution is 0.746. The van der Waals surface area contributed by atoms with Crippen LogP contribution in [-0.4, -0.2) is 19.7 Å². The van der Waals surface area contributed by atoms with E-state index < -0.39 is 0 Å². The third-order valence-corrected chi connectivity index (χ3v) is 3.07. The lowest BCUT2D eigenvalue weighted by Gasteiger charge is -2.10. The molecule has 108 valence electrons. The molecule has 20 heavy (non-hydrogen) atoms. The lowest BCUT2D eigenvalue weighted by Crippen LogP contribution is -2.08. The fraction of sp³-hybridized carbons (Fsp3) is 0.500. The van der Waals surface area contributed by atoms with Gasteiger partial charge >= 0.3 is 0 Å². The van der Waals surface area contributed by atoms with E-state index in [4.69, 9.17) is 5.73 Å². The number of nitrogens with two attached hydrogens (primary N) is 1. The van der Waals surface area contributed by atoms with E-state index >= 15 is 0 Å². The summed E-state index contributed by atoms with van der Waals surface area (Å²) in [5, 5.41) is 7.72. The summed E-state index contributed by atoms with van der Waals surface area (Å²) in [6, 6.07) is 1.76. The third-order valence-electron chi connectivity index (χ3n) is 3.07. The second-order valence-corrected chi connectivity index (χ2v) is 5.17. The van der Waals surface area contributed by atoms with Crippen LogP contribution in [0.4, 0.5) is 11.6 Å². The van der Waals surface area contributed by atoms with Crippen LogP contribution in [0.3, 0.4) is 0 Å². The number of nitrogens with one attached hydrogen (secondary N) is 1. The van der Waals surface area contributed by atoms with Gasteiger partial charge in [0.15, 0.2) is 0 Å². The number of aryl methyl sites for hydroxylation is 2. The van der Waals surface area contributed by atoms with Crippen molar-refractivity contribution in [2.45, 2.75) is 39.7 Å². The highest BCUT2D eigenvalue weighted by atomic mass is 15.3. The summed E-state index contributed by atoms with van der Waals surface area (Å²) in [7, 11) is 1.93. The first-order valence-electron chi connectivity index (χ1n) is 6.89. The molecule has 0 aliphatic rings. The molecular weight excluding hydrogens is 252 g/mol. The monoisotopic (exact) mass is 274 g/mol. The Hall–Kier alpha value is -2.11. The largest absolute Gasteiger partial charge is 0.384 e. The Balaban J connectivity index is 2.14. The van der Waals surface area contributed by atoms with E-state index in [0.717, 1.165) is 23.8 Å². The van der Waals surface area contributed by atoms with E-state index in [-0.39, 0.29) is 5.92 Å². The average Bonchev–Trinajstić information content (AvgIpc) is 2.76. The second-order valence-electron chi connectivity index (χ2n) is 5.17. The van der Waals surface area contributed by atoms with Gasteiger partial charge in [0, 0.05) is 37.3 Å². The molecule has 0 unspecified atom stereocenters. The van der Waals surface area contributed by atoms with Crippen LogP contribution in [0.15, 0.2) is 12.3 Å². The predicted octanol–water partition coefficient (Wildman–Crippen LogP) is 2.09. The highest BCUT2D eigenvalue weighted by Gasteiger charge is 2.09. The molecule has 6 nitrogen and oxygen atoms in total. The Morgan fingerprint density at radius 2 is 2.10 bits per heavy atom. The maximum absolute atomic E-state index is 5.82. The molecule has 0 saturated carbocycles. The minimum atomic E-state index is 0.253. The molecule has 2 aromatic rings. The molecule has 0 aromatic carbocycles. The van der Waals surface area contributed by atoms with E-state index in [9.17, 15) is 0 Å². The standard InChI is InChI=1S/C14H22N6/c1-5-11-10(8-20(4)19-11)7-16-13-6-12(15)17-14(18-13)9(2)3/h6,8-9H,5,7H2,1-4H3,(H3,15,16,17,18). The van der Waals surface area contributed by atoms with Gasteiger partial charge in [-0.25, -0.2) is 9.97 Å². The summed E-state index contributed by atoms with van der Waals surface area (Å²) in [6.45, 7) is 6.89. The fourth-order valence-electron chi connectivity index (χ4n) is 2.05. The zero-order valence-electron chi connectivity index (χ0n) is 12.5. The number of aromatic nitrogens is 4. The highest BCUT2D eigenvalue weighted by Crippen LogP contribution is 2.16. The minimum Gasteiger partial charge on any atom is -0.384 e. The van der Waals surface area contributed by atoms with Crippen LogP contribution in [-0.2, 0) is 20.0 Å². The summed E-state index contributed by atoms with van der Waals surface area (Å²) in [5.74, 6) is 2.26. The summed E-state index contributed by atoms with van der Waals surface area (Å²) >= 11 is 0. The smallest absolute Gasteiger partial charge is 0.135 e. The molecule has 0 fully saturated rings. The normalized spacial score (nSPS) is 11.1. The zero-order chi connectivity index (χ0) is 14.7. The van der Waals surface area contributed by atoms with Crippen molar-refractivity contribution < 1.29 is 0 Å². The number of hydrogen-bond donors (Lipinski definition) is 2. The van der Waals surface area contributed by atoms with Crippen molar-refractivity contribution in [2.75, 3.05) is 11.1 Å². The Labute approximate surface area is 119 Å². The van der Waals surface area contributed by atoms with Crippen molar-refractivity contribution in [1.82, 2.24) is 19.7 Å². The van der Waals surface area contributed by atoms with E-state index in [0.29, 0.717) is 12.4 Å². The Kier molecular flexibility index (Phi) is 4.22. The van der Waals surface area contributed by atoms with Gasteiger partial charge < -0.3 is 11.1 Å². The number of rotatable bonds is 5. The van der Waals surface area contributed by atoms with E-state index in [2.05, 4.69) is 41.2 Å². The molecule has 0 aliphatic carbocycles. The van der Waals surface area contributed by atoms with Crippen LogP contribution in [0.2, 0.25) is 0 Å². The molecule has 0 aliphatic heterocycles. The number of hydrogen-bond acceptors (Lipinski definition) is 5. The van der Waals surface area contributed by atoms with Crippen molar-refractivity contribution in [3.63, 3.8) is 0 Å². The summed E-state index contributed by atoms with van der Waals surface area (Å²) in [6.07, 6.45) is 2.95. The number of nitrogens with zero attached hydrogens (tertiary/aromatic N) is 4. The molecule has 3 N–H and O–H groups in total. The maximum atomic E-state index is 5.82. The van der Waals surface area contributed by atoms with Gasteiger partial charge in [0.25, 0.3) is 0 Å². The topological polar surface area (TPSA) is 81.7 Å². The fourth-order valence-corrected chi connectivity index (χ4v) is 2.05. The van der Waals surface area contributed by atoms with Gasteiger partial charge in [-0.3, -0.25) is 4.68 Å². The zero-order valence-corrected chi connectivity index (χ0v) is 12.5. The third kappa shape index (κ3) is 3.26. The minimum absolute atomic E-state index is 0.253. The molecule has 0 radical (unpaired) electrons. The maximum Gasteiger partial charge on any atom is 0.135 e. The van der Waals surface area contributed by atoms with E-state index in [1.165, 1.54) is 5.56 Å². The first-order valence-corrected chi connectivity index (χ1v) is 6.89. The second kappa shape index (κ2) is 5.90. The van der Waals surface area contributed by atoms with Crippen LogP contribution in [0.25, 0.3) is 0 Å². The van der Waals surface area contributed by atoms with Gasteiger partial charge in [-0.15, -0.1) is 0 Å². The van der Waals surface area contributed by atoms with Crippen molar-refractivity contribution in [1.29, 1.82) is 0 Å². The summed E-state index contributed by atoms with van der Waals surface area (Å²) in [5.41, 5.74) is 8.10. The highest BCUT2D eigenvalue weighted by molar-refractivity contribution is 5.45. The van der Waals surface area contributed by atoms with Gasteiger partial charge in [0.2, 0.25) is 0 Å². The molecule has 2 heterocycles. The molecule has 6 heteroatoms. The first kappa shape index (κ1) is 14.3. The SMILES string of the molecule is CCc1nn(C)cc1CNc1cc(N)nc(C(C)C)n1. The molecule has 2 rings (SSSR count). The van der Waals surface area contributed by atoms with Crippen LogP contribution in [0.5, 0.6) is 0 Å². The molecule has 0 spiro atoms. The Morgan fingerprint density at radius 3 is 2.75 bits per heavy atom. The van der Waals surface area contributed by atoms with Gasteiger partial charge in [0.1, 0.15) is 17.5 Å². The van der Waals surface area contributed by atoms with Crippen molar-refractivity contribution in [3.05, 3.63) is 29.3 Å². The van der Waals surface area contributed by atoms with Crippen LogP contribution >= 0.6 is 0 Å². The van der Waals surface area contributed by atoms with Gasteiger partial charge in [-0.05, 0) is 6.42 Å². The van der Waals surface area contributed by atoms with Crippen molar-refractivity contribution in [3.8, 4) is 0 Å². The molecule has 0 amide bonds. The Bertz CT molecular complexity index is 587. The molecule has 0 saturated heterocycles. The quantitative estimate of drug-likeness (QED) is 0.872. The van der Waals surface area contributed by atoms with Crippen LogP contribution in [0, 0.1) is 0 Å². The average molecular weight is 274 g/mol. The van der Waals surface area contributed by atoms with Crippen molar-refractivity contribution in [2.24, 2.45) is 7.05 Å². The molecule has 0 bridgehead atoms. The molecule has 2 aromatic heterocycles. The first-order chi connectivity index (χ1) is 9.49. The van der Waals surface area contributed by atoms with Crippen molar-refractivity contribution >= 4 is 11.6 Å². The molecular formula is C14H22N6. The lowest BCUT2D eigenvalue weighted by atomic mass is 10.2. The Morgan fingerprint density at radius 1 is 1.35 bits per heavy atom. The van der Waals surface area contributed by atoms with Gasteiger partial charge in [0.05, 0.1) is 5.69 Å². The van der Waals surface area contributed by atoms with Crippen LogP contribution < -0.4 is 11.1 Å². The predicted molar refractivity (Wildman–Crippen MR) is 80.4 cm³/mol. The van der Waals surface area contributed by atoms with Gasteiger partial charge in [-0.2, -0.15) is 5.10 Å². The number of anilines is 2. The van der Waals surface area contributed by atoms with Gasteiger partial charge in [-0.1, -0.05) is 20.8 Å². The number of nitrogen functional groups attached to an aromatic ring is 1. The molecule has 0 atom stereocenters. The van der Waals surface area contributed by atoms with E-state index in [1.807, 2.05) is 17.9 Å². The van der Waals surface area contributed by atoms with E-state index in [1.54, 1.807) is 6.07 Å². The van der Waals surface area contributed by atoms with Crippen LogP contribution in [0.1, 0.15) is 43.8 Å².